The molecule has 3 nitrogen and oxygen atoms in total. The minimum absolute atomic E-state index is 0.00127. The van der Waals surface area contributed by atoms with Crippen molar-refractivity contribution < 1.29 is 15.3 Å². The topological polar surface area (TPSA) is 60.7 Å². The maximum absolute atomic E-state index is 11.3. The molecule has 190 valence electrons. The Morgan fingerprint density at radius 3 is 2.06 bits per heavy atom. The predicted molar refractivity (Wildman–Crippen MR) is 134 cm³/mol. The summed E-state index contributed by atoms with van der Waals surface area (Å²) >= 11 is 0. The summed E-state index contributed by atoms with van der Waals surface area (Å²) in [5, 5.41) is 32.9. The second-order valence-corrected chi connectivity index (χ2v) is 15.2. The molecule has 3 heteroatoms. The Bertz CT molecular complexity index is 789. The lowest BCUT2D eigenvalue weighted by Gasteiger charge is -2.74. The van der Waals surface area contributed by atoms with Crippen molar-refractivity contribution in [1.82, 2.24) is 0 Å². The van der Waals surface area contributed by atoms with Crippen molar-refractivity contribution >= 4 is 0 Å². The molecule has 0 bridgehead atoms. The van der Waals surface area contributed by atoms with Crippen LogP contribution in [0.15, 0.2) is 0 Å². The van der Waals surface area contributed by atoms with E-state index in [4.69, 9.17) is 0 Å². The summed E-state index contributed by atoms with van der Waals surface area (Å²) in [7, 11) is 0. The van der Waals surface area contributed by atoms with Crippen LogP contribution in [0.5, 0.6) is 0 Å². The summed E-state index contributed by atoms with van der Waals surface area (Å²) in [5.74, 6) is 2.54. The van der Waals surface area contributed by atoms with E-state index in [1.165, 1.54) is 38.5 Å². The third-order valence-electron chi connectivity index (χ3n) is 14.2. The average molecular weight is 461 g/mol. The van der Waals surface area contributed by atoms with Crippen LogP contribution in [0.4, 0.5) is 0 Å². The number of rotatable bonds is 1. The first kappa shape index (κ1) is 24.6. The molecular weight excluding hydrogens is 408 g/mol. The van der Waals surface area contributed by atoms with E-state index in [1.54, 1.807) is 0 Å². The summed E-state index contributed by atoms with van der Waals surface area (Å²) in [5.41, 5.74) is 0.249. The Morgan fingerprint density at radius 1 is 0.727 bits per heavy atom. The fraction of sp³-hybridized carbons (Fsp3) is 1.00. The number of hydrogen-bond acceptors (Lipinski definition) is 3. The molecule has 0 saturated heterocycles. The molecule has 0 aliphatic heterocycles. The summed E-state index contributed by atoms with van der Waals surface area (Å²) in [6.45, 7) is 17.1. The molecule has 0 aromatic rings. The van der Waals surface area contributed by atoms with Crippen LogP contribution in [0.25, 0.3) is 0 Å². The zero-order chi connectivity index (χ0) is 24.2. The molecule has 5 aliphatic rings. The monoisotopic (exact) mass is 460 g/mol. The maximum Gasteiger partial charge on any atom is 0.0648 e. The first-order chi connectivity index (χ1) is 15.2. The van der Waals surface area contributed by atoms with E-state index in [9.17, 15) is 15.3 Å². The van der Waals surface area contributed by atoms with E-state index in [-0.39, 0.29) is 34.9 Å². The molecule has 5 saturated carbocycles. The van der Waals surface area contributed by atoms with Gasteiger partial charge in [-0.2, -0.15) is 0 Å². The fourth-order valence-corrected chi connectivity index (χ4v) is 11.7. The lowest BCUT2D eigenvalue weighted by atomic mass is 9.31. The first-order valence-corrected chi connectivity index (χ1v) is 14.2. The van der Waals surface area contributed by atoms with Crippen molar-refractivity contribution in [3.8, 4) is 0 Å². The Balaban J connectivity index is 1.55. The van der Waals surface area contributed by atoms with Gasteiger partial charge in [-0.3, -0.25) is 0 Å². The number of aliphatic hydroxyl groups is 3. The molecule has 0 unspecified atom stereocenters. The molecule has 3 N–H and O–H groups in total. The standard InChI is InChI=1S/C30H52O3/c1-19-24-20-8-9-22-26(4)12-11-23(32)25(2,3)21(26)10-13-28(22,6)27(20,5)14-16-30(24,18-31)17-15-29(19,7)33/h19-24,31-33H,8-18H2,1-7H3/t19-,20-,21+,22-,23+,24+,26+,27-,28-,29+,30+/m1/s1. The first-order valence-electron chi connectivity index (χ1n) is 14.2. The quantitative estimate of drug-likeness (QED) is 0.437. The van der Waals surface area contributed by atoms with Crippen molar-refractivity contribution in [3.05, 3.63) is 0 Å². The highest BCUT2D eigenvalue weighted by atomic mass is 16.3. The average Bonchev–Trinajstić information content (AvgIpc) is 2.74. The van der Waals surface area contributed by atoms with Gasteiger partial charge in [0.15, 0.2) is 0 Å². The molecule has 0 radical (unpaired) electrons. The van der Waals surface area contributed by atoms with Crippen LogP contribution < -0.4 is 0 Å². The molecule has 5 fully saturated rings. The zero-order valence-corrected chi connectivity index (χ0v) is 22.6. The lowest BCUT2D eigenvalue weighted by molar-refractivity contribution is -0.269. The van der Waals surface area contributed by atoms with Gasteiger partial charge in [-0.1, -0.05) is 41.5 Å². The van der Waals surface area contributed by atoms with Crippen LogP contribution >= 0.6 is 0 Å². The smallest absolute Gasteiger partial charge is 0.0648 e. The third kappa shape index (κ3) is 2.91. The van der Waals surface area contributed by atoms with Gasteiger partial charge in [-0.15, -0.1) is 0 Å². The second kappa shape index (κ2) is 7.22. The molecule has 5 rings (SSSR count). The highest BCUT2D eigenvalue weighted by Gasteiger charge is 2.70. The molecule has 0 spiro atoms. The van der Waals surface area contributed by atoms with Crippen LogP contribution in [-0.2, 0) is 0 Å². The van der Waals surface area contributed by atoms with Gasteiger partial charge < -0.3 is 15.3 Å². The molecule has 5 aliphatic carbocycles. The highest BCUT2D eigenvalue weighted by Crippen LogP contribution is 2.77. The van der Waals surface area contributed by atoms with Gasteiger partial charge >= 0.3 is 0 Å². The molecule has 0 heterocycles. The number of fused-ring (bicyclic) bond motifs is 7. The summed E-state index contributed by atoms with van der Waals surface area (Å²) in [4.78, 5) is 0. The van der Waals surface area contributed by atoms with Crippen molar-refractivity contribution in [1.29, 1.82) is 0 Å². The van der Waals surface area contributed by atoms with Gasteiger partial charge in [0, 0.05) is 6.61 Å². The minimum atomic E-state index is -0.619. The van der Waals surface area contributed by atoms with Crippen molar-refractivity contribution in [2.75, 3.05) is 6.61 Å². The van der Waals surface area contributed by atoms with Crippen molar-refractivity contribution in [2.24, 2.45) is 56.7 Å². The van der Waals surface area contributed by atoms with E-state index in [0.717, 1.165) is 25.7 Å². The Kier molecular flexibility index (Phi) is 5.38. The largest absolute Gasteiger partial charge is 0.396 e. The predicted octanol–water partition coefficient (Wildman–Crippen LogP) is 6.19. The number of hydrogen-bond donors (Lipinski definition) is 3. The molecule has 11 atom stereocenters. The second-order valence-electron chi connectivity index (χ2n) is 15.2. The van der Waals surface area contributed by atoms with Crippen LogP contribution in [0.2, 0.25) is 0 Å². The van der Waals surface area contributed by atoms with Crippen LogP contribution in [0.3, 0.4) is 0 Å². The lowest BCUT2D eigenvalue weighted by Crippen LogP contribution is -2.68. The van der Waals surface area contributed by atoms with Crippen LogP contribution in [0, 0.1) is 56.7 Å². The van der Waals surface area contributed by atoms with Crippen LogP contribution in [-0.4, -0.2) is 33.6 Å². The van der Waals surface area contributed by atoms with E-state index in [2.05, 4.69) is 48.5 Å². The number of aliphatic hydroxyl groups excluding tert-OH is 2. The molecule has 0 amide bonds. The summed E-state index contributed by atoms with van der Waals surface area (Å²) in [6.07, 6.45) is 11.1. The van der Waals surface area contributed by atoms with E-state index in [0.29, 0.717) is 34.5 Å². The fourth-order valence-electron chi connectivity index (χ4n) is 11.7. The van der Waals surface area contributed by atoms with Gasteiger partial charge in [-0.05, 0) is 128 Å². The Morgan fingerprint density at radius 2 is 1.39 bits per heavy atom. The van der Waals surface area contributed by atoms with Crippen LogP contribution in [0.1, 0.15) is 113 Å². The minimum Gasteiger partial charge on any atom is -0.396 e. The van der Waals surface area contributed by atoms with E-state index in [1.807, 2.05) is 0 Å². The van der Waals surface area contributed by atoms with E-state index < -0.39 is 5.60 Å². The van der Waals surface area contributed by atoms with Crippen molar-refractivity contribution in [3.63, 3.8) is 0 Å². The summed E-state index contributed by atoms with van der Waals surface area (Å²) in [6, 6.07) is 0. The van der Waals surface area contributed by atoms with Gasteiger partial charge in [0.2, 0.25) is 0 Å². The summed E-state index contributed by atoms with van der Waals surface area (Å²) < 4.78 is 0. The van der Waals surface area contributed by atoms with E-state index >= 15 is 0 Å². The Hall–Kier alpha value is -0.120. The van der Waals surface area contributed by atoms with Crippen molar-refractivity contribution in [2.45, 2.75) is 124 Å². The third-order valence-corrected chi connectivity index (χ3v) is 14.2. The molecule has 33 heavy (non-hydrogen) atoms. The molecule has 0 aromatic carbocycles. The van der Waals surface area contributed by atoms with Gasteiger partial charge in [0.1, 0.15) is 0 Å². The molecular formula is C30H52O3. The SMILES string of the molecule is C[C@@H]1[C@H]2[C@H]3CC[C@@H]4[C@@]5(C)CC[C@H](O)C(C)(C)[C@@H]5CC[C@@]4(C)[C@]3(C)CC[C@@]2(CO)CC[C@]1(C)O. The maximum atomic E-state index is 11.3. The highest BCUT2D eigenvalue weighted by molar-refractivity contribution is 5.19. The Labute approximate surface area is 203 Å². The van der Waals surface area contributed by atoms with Gasteiger partial charge in [-0.25, -0.2) is 0 Å². The van der Waals surface area contributed by atoms with Gasteiger partial charge in [0.05, 0.1) is 11.7 Å². The van der Waals surface area contributed by atoms with Gasteiger partial charge in [0.25, 0.3) is 0 Å². The zero-order valence-electron chi connectivity index (χ0n) is 22.6. The molecule has 0 aromatic heterocycles. The normalized spacial score (nSPS) is 60.2.